The zero-order chi connectivity index (χ0) is 22.2. The minimum atomic E-state index is -4.88. The van der Waals surface area contributed by atoms with Crippen molar-refractivity contribution < 1.29 is 26.4 Å². The summed E-state index contributed by atoms with van der Waals surface area (Å²) in [7, 11) is -3.92. The highest BCUT2D eigenvalue weighted by Gasteiger charge is 2.61. The van der Waals surface area contributed by atoms with Gasteiger partial charge in [-0.25, -0.2) is 8.42 Å². The lowest BCUT2D eigenvalue weighted by Crippen LogP contribution is -2.58. The molecule has 1 aromatic carbocycles. The number of nitrogens with two attached hydrogens (primary N) is 1. The van der Waals surface area contributed by atoms with Crippen molar-refractivity contribution in [3.8, 4) is 6.07 Å². The summed E-state index contributed by atoms with van der Waals surface area (Å²) in [5, 5.41) is 8.69. The molecule has 1 aliphatic rings. The van der Waals surface area contributed by atoms with Crippen molar-refractivity contribution in [3.05, 3.63) is 34.3 Å². The maximum Gasteiger partial charge on any atom is 0.408 e. The molecule has 0 spiro atoms. The van der Waals surface area contributed by atoms with Crippen LogP contribution in [0.3, 0.4) is 0 Å². The number of alkyl halides is 3. The van der Waals surface area contributed by atoms with Gasteiger partial charge < -0.3 is 5.73 Å². The van der Waals surface area contributed by atoms with E-state index in [-0.39, 0.29) is 18.4 Å². The molecule has 2 rings (SSSR count). The molecule has 11 heteroatoms. The van der Waals surface area contributed by atoms with Gasteiger partial charge in [-0.05, 0) is 44.4 Å². The molecule has 0 bridgehead atoms. The Labute approximate surface area is 175 Å². The van der Waals surface area contributed by atoms with Gasteiger partial charge in [0.05, 0.1) is 17.1 Å². The van der Waals surface area contributed by atoms with Gasteiger partial charge in [0, 0.05) is 4.47 Å². The predicted molar refractivity (Wildman–Crippen MR) is 104 cm³/mol. The number of nitriles is 1. The number of carbonyl (C=O) groups excluding carboxylic acids is 1. The van der Waals surface area contributed by atoms with Crippen molar-refractivity contribution in [2.24, 2.45) is 5.73 Å². The lowest BCUT2D eigenvalue weighted by molar-refractivity contribution is -0.198. The molecule has 0 aliphatic heterocycles. The Morgan fingerprint density at radius 3 is 2.17 bits per heavy atom. The number of hydrogen-bond donors (Lipinski definition) is 1. The van der Waals surface area contributed by atoms with Crippen LogP contribution in [0.5, 0.6) is 0 Å². The molecule has 0 heterocycles. The zero-order valence-electron chi connectivity index (χ0n) is 15.8. The van der Waals surface area contributed by atoms with Crippen molar-refractivity contribution in [1.82, 2.24) is 4.90 Å². The number of hydrogen-bond acceptors (Lipinski definition) is 5. The molecule has 2 N–H and O–H groups in total. The third-order valence-electron chi connectivity index (χ3n) is 4.97. The molecule has 1 amide bonds. The van der Waals surface area contributed by atoms with Crippen LogP contribution in [0.25, 0.3) is 0 Å². The second-order valence-corrected chi connectivity index (χ2v) is 10.9. The third-order valence-corrected chi connectivity index (χ3v) is 7.72. The van der Waals surface area contributed by atoms with E-state index < -0.39 is 50.5 Å². The molecule has 1 fully saturated rings. The van der Waals surface area contributed by atoms with Gasteiger partial charge in [0.25, 0.3) is 0 Å². The number of sulfone groups is 1. The fourth-order valence-corrected chi connectivity index (χ4v) is 4.55. The van der Waals surface area contributed by atoms with E-state index in [1.165, 1.54) is 38.1 Å². The monoisotopic (exact) mass is 495 g/mol. The minimum absolute atomic E-state index is 0.0815. The lowest BCUT2D eigenvalue weighted by Gasteiger charge is -2.40. The Morgan fingerprint density at radius 2 is 1.83 bits per heavy atom. The molecule has 0 saturated heterocycles. The number of benzene rings is 1. The quantitative estimate of drug-likeness (QED) is 0.596. The maximum absolute atomic E-state index is 14.2. The third kappa shape index (κ3) is 5.10. The summed E-state index contributed by atoms with van der Waals surface area (Å²) in [6, 6.07) is 2.93. The van der Waals surface area contributed by atoms with E-state index in [9.17, 15) is 31.6 Å². The number of rotatable bonds is 8. The summed E-state index contributed by atoms with van der Waals surface area (Å²) in [5.41, 5.74) is 3.55. The van der Waals surface area contributed by atoms with Gasteiger partial charge >= 0.3 is 6.18 Å². The Bertz CT molecular complexity index is 907. The largest absolute Gasteiger partial charge is 0.408 e. The van der Waals surface area contributed by atoms with Gasteiger partial charge in [-0.2, -0.15) is 18.4 Å². The van der Waals surface area contributed by atoms with Crippen molar-refractivity contribution >= 4 is 31.7 Å². The van der Waals surface area contributed by atoms with E-state index in [2.05, 4.69) is 15.9 Å². The first kappa shape index (κ1) is 23.6. The molecule has 0 unspecified atom stereocenters. The van der Waals surface area contributed by atoms with E-state index in [1.54, 1.807) is 0 Å². The van der Waals surface area contributed by atoms with Gasteiger partial charge in [-0.1, -0.05) is 28.1 Å². The number of nitrogens with zero attached hydrogens (tertiary/aromatic N) is 2. The van der Waals surface area contributed by atoms with Crippen LogP contribution in [0.4, 0.5) is 13.2 Å². The van der Waals surface area contributed by atoms with E-state index >= 15 is 0 Å². The van der Waals surface area contributed by atoms with Crippen LogP contribution < -0.4 is 5.73 Å². The van der Waals surface area contributed by atoms with Crippen LogP contribution in [-0.2, 0) is 14.6 Å². The molecule has 1 aliphatic carbocycles. The van der Waals surface area contributed by atoms with Crippen LogP contribution in [0, 0.1) is 11.3 Å². The van der Waals surface area contributed by atoms with E-state index in [1.807, 2.05) is 6.07 Å². The average molecular weight is 496 g/mol. The first-order valence-electron chi connectivity index (χ1n) is 8.78. The molecular formula is C18H21BrF3N3O3S. The van der Waals surface area contributed by atoms with Crippen molar-refractivity contribution in [2.75, 3.05) is 5.75 Å². The number of halogens is 4. The lowest BCUT2D eigenvalue weighted by atomic mass is 9.99. The molecule has 160 valence electrons. The molecule has 2 atom stereocenters. The van der Waals surface area contributed by atoms with E-state index in [0.29, 0.717) is 9.37 Å². The highest BCUT2D eigenvalue weighted by Crippen LogP contribution is 2.51. The summed E-state index contributed by atoms with van der Waals surface area (Å²) in [6.45, 7) is 2.73. The molecule has 1 saturated carbocycles. The minimum Gasteiger partial charge on any atom is -0.368 e. The Kier molecular flexibility index (Phi) is 6.72. The van der Waals surface area contributed by atoms with Crippen molar-refractivity contribution in [3.63, 3.8) is 0 Å². The van der Waals surface area contributed by atoms with Crippen LogP contribution >= 0.6 is 15.9 Å². The Hall–Kier alpha value is -1.64. The summed E-state index contributed by atoms with van der Waals surface area (Å²) in [6.07, 6.45) is -4.72. The summed E-state index contributed by atoms with van der Waals surface area (Å²) in [5.74, 6) is -2.12. The smallest absolute Gasteiger partial charge is 0.368 e. The zero-order valence-corrected chi connectivity index (χ0v) is 18.2. The fourth-order valence-electron chi connectivity index (χ4n) is 3.14. The standard InChI is InChI=1S/C18H21BrF3N3O3S/c1-11(2)29(27,28)9-14(16(24)26)25(17(10-23)7-8-17)15(18(20,21)22)12-3-5-13(19)6-4-12/h3-6,11,14-15H,7-9H2,1-2H3,(H2,24,26)/t14-,15-/m0/s1. The molecule has 0 aromatic heterocycles. The van der Waals surface area contributed by atoms with Crippen molar-refractivity contribution in [2.45, 2.75) is 55.7 Å². The highest BCUT2D eigenvalue weighted by molar-refractivity contribution is 9.10. The molecule has 1 aromatic rings. The second kappa shape index (κ2) is 8.24. The predicted octanol–water partition coefficient (Wildman–Crippen LogP) is 3.09. The number of amides is 1. The van der Waals surface area contributed by atoms with Gasteiger partial charge in [-0.15, -0.1) is 0 Å². The van der Waals surface area contributed by atoms with Crippen LogP contribution in [0.2, 0.25) is 0 Å². The van der Waals surface area contributed by atoms with Crippen LogP contribution in [0.1, 0.15) is 38.3 Å². The van der Waals surface area contributed by atoms with Gasteiger partial charge in [0.15, 0.2) is 9.84 Å². The van der Waals surface area contributed by atoms with Crippen LogP contribution in [-0.4, -0.2) is 48.0 Å². The summed E-state index contributed by atoms with van der Waals surface area (Å²) in [4.78, 5) is 12.8. The van der Waals surface area contributed by atoms with Gasteiger partial charge in [0.1, 0.15) is 17.6 Å². The number of carbonyl (C=O) groups is 1. The van der Waals surface area contributed by atoms with Gasteiger partial charge in [-0.3, -0.25) is 9.69 Å². The molecule has 29 heavy (non-hydrogen) atoms. The fraction of sp³-hybridized carbons (Fsp3) is 0.556. The molecule has 0 radical (unpaired) electrons. The second-order valence-electron chi connectivity index (χ2n) is 7.34. The number of primary amides is 1. The van der Waals surface area contributed by atoms with Crippen LogP contribution in [0.15, 0.2) is 28.7 Å². The molecule has 6 nitrogen and oxygen atoms in total. The first-order valence-corrected chi connectivity index (χ1v) is 11.3. The average Bonchev–Trinajstić information content (AvgIpc) is 3.38. The van der Waals surface area contributed by atoms with E-state index in [0.717, 1.165) is 0 Å². The van der Waals surface area contributed by atoms with Gasteiger partial charge in [0.2, 0.25) is 5.91 Å². The van der Waals surface area contributed by atoms with Crippen molar-refractivity contribution in [1.29, 1.82) is 5.26 Å². The SMILES string of the molecule is CC(C)S(=O)(=O)C[C@@H](C(N)=O)N([C@@H](c1ccc(Br)cc1)C(F)(F)F)C1(C#N)CC1. The first-order chi connectivity index (χ1) is 13.2. The Balaban J connectivity index is 2.67. The summed E-state index contributed by atoms with van der Waals surface area (Å²) < 4.78 is 68.0. The summed E-state index contributed by atoms with van der Waals surface area (Å²) >= 11 is 3.15. The maximum atomic E-state index is 14.2. The normalized spacial score (nSPS) is 18.3. The topological polar surface area (TPSA) is 104 Å². The Morgan fingerprint density at radius 1 is 1.31 bits per heavy atom. The van der Waals surface area contributed by atoms with E-state index in [4.69, 9.17) is 5.73 Å². The molecular weight excluding hydrogens is 475 g/mol. The highest BCUT2D eigenvalue weighted by atomic mass is 79.9.